The Kier molecular flexibility index (Phi) is 3.06. The molecule has 0 fully saturated rings. The maximum absolute atomic E-state index is 10.9. The lowest BCUT2D eigenvalue weighted by molar-refractivity contribution is -0.106. The van der Waals surface area contributed by atoms with Crippen molar-refractivity contribution in [3.8, 4) is 0 Å². The van der Waals surface area contributed by atoms with Gasteiger partial charge in [-0.05, 0) is 24.1 Å². The van der Waals surface area contributed by atoms with E-state index in [2.05, 4.69) is 0 Å². The van der Waals surface area contributed by atoms with Gasteiger partial charge in [0.15, 0.2) is 0 Å². The highest BCUT2D eigenvalue weighted by atomic mass is 35.5. The van der Waals surface area contributed by atoms with Gasteiger partial charge in [-0.2, -0.15) is 0 Å². The summed E-state index contributed by atoms with van der Waals surface area (Å²) < 4.78 is 0. The second kappa shape index (κ2) is 4.07. The molecular weight excluding hydrogens is 172 g/mol. The molecule has 62 valence electrons. The van der Waals surface area contributed by atoms with Crippen LogP contribution >= 0.6 is 11.6 Å². The molecule has 0 bridgehead atoms. The number of carbonyl (C=O) groups is 1. The third kappa shape index (κ3) is 1.95. The van der Waals surface area contributed by atoms with Crippen LogP contribution in [0, 0.1) is 0 Å². The highest BCUT2D eigenvalue weighted by Gasteiger charge is 2.05. The van der Waals surface area contributed by atoms with Crippen LogP contribution < -0.4 is 0 Å². The molecule has 2 heteroatoms. The largest absolute Gasteiger partial charge is 0.276 e. The minimum atomic E-state index is -0.413. The Labute approximate surface area is 76.7 Å². The average molecular weight is 181 g/mol. The first-order chi connectivity index (χ1) is 5.75. The molecule has 1 nitrogen and oxygen atoms in total. The molecule has 1 rings (SSSR count). The number of allylic oxidation sites excluding steroid dienone is 2. The maximum Gasteiger partial charge on any atom is 0.252 e. The molecule has 0 unspecified atom stereocenters. The first-order valence-corrected chi connectivity index (χ1v) is 4.05. The number of hydrogen-bond acceptors (Lipinski definition) is 1. The number of halogens is 1. The van der Waals surface area contributed by atoms with E-state index in [1.54, 1.807) is 13.0 Å². The Morgan fingerprint density at radius 3 is 2.33 bits per heavy atom. The number of carbonyl (C=O) groups excluding carboxylic acids is 1. The van der Waals surface area contributed by atoms with E-state index < -0.39 is 5.24 Å². The lowest BCUT2D eigenvalue weighted by Gasteiger charge is -1.99. The van der Waals surface area contributed by atoms with E-state index in [0.29, 0.717) is 5.57 Å². The van der Waals surface area contributed by atoms with Gasteiger partial charge in [0.25, 0.3) is 5.24 Å². The highest BCUT2D eigenvalue weighted by Crippen LogP contribution is 2.16. The Bertz CT molecular complexity index is 301. The van der Waals surface area contributed by atoms with Gasteiger partial charge in [-0.1, -0.05) is 36.4 Å². The van der Waals surface area contributed by atoms with Crippen molar-refractivity contribution in [3.63, 3.8) is 0 Å². The van der Waals surface area contributed by atoms with Gasteiger partial charge in [0.1, 0.15) is 0 Å². The van der Waals surface area contributed by atoms with E-state index in [1.165, 1.54) is 0 Å². The molecule has 12 heavy (non-hydrogen) atoms. The molecular formula is C10H9ClO. The van der Waals surface area contributed by atoms with Gasteiger partial charge in [0, 0.05) is 5.57 Å². The summed E-state index contributed by atoms with van der Waals surface area (Å²) in [4.78, 5) is 10.9. The summed E-state index contributed by atoms with van der Waals surface area (Å²) in [6.45, 7) is 1.79. The smallest absolute Gasteiger partial charge is 0.252 e. The van der Waals surface area contributed by atoms with Crippen LogP contribution in [0.25, 0.3) is 5.57 Å². The summed E-state index contributed by atoms with van der Waals surface area (Å²) >= 11 is 5.37. The predicted octanol–water partition coefficient (Wildman–Crippen LogP) is 2.86. The average Bonchev–Trinajstić information content (AvgIpc) is 2.07. The van der Waals surface area contributed by atoms with Crippen LogP contribution in [0.1, 0.15) is 12.5 Å². The molecule has 1 aromatic rings. The number of benzene rings is 1. The SMILES string of the molecule is C/C=C(/C(=O)Cl)c1ccccc1. The maximum atomic E-state index is 10.9. The van der Waals surface area contributed by atoms with E-state index >= 15 is 0 Å². The van der Waals surface area contributed by atoms with Crippen LogP contribution in [0.2, 0.25) is 0 Å². The number of rotatable bonds is 2. The van der Waals surface area contributed by atoms with Crippen molar-refractivity contribution in [2.75, 3.05) is 0 Å². The molecule has 0 aliphatic rings. The second-order valence-electron chi connectivity index (χ2n) is 2.34. The first kappa shape index (κ1) is 9.01. The van der Waals surface area contributed by atoms with Crippen molar-refractivity contribution in [1.29, 1.82) is 0 Å². The van der Waals surface area contributed by atoms with Crippen molar-refractivity contribution in [2.24, 2.45) is 0 Å². The van der Waals surface area contributed by atoms with E-state index in [0.717, 1.165) is 5.56 Å². The van der Waals surface area contributed by atoms with Gasteiger partial charge in [-0.15, -0.1) is 0 Å². The van der Waals surface area contributed by atoms with Crippen LogP contribution in [0.4, 0.5) is 0 Å². The number of hydrogen-bond donors (Lipinski definition) is 0. The molecule has 0 saturated carbocycles. The Balaban J connectivity index is 3.05. The highest BCUT2D eigenvalue weighted by molar-refractivity contribution is 6.74. The monoisotopic (exact) mass is 180 g/mol. The lowest BCUT2D eigenvalue weighted by atomic mass is 10.1. The molecule has 0 N–H and O–H groups in total. The zero-order chi connectivity index (χ0) is 8.97. The minimum Gasteiger partial charge on any atom is -0.276 e. The summed E-state index contributed by atoms with van der Waals surface area (Å²) in [6, 6.07) is 9.36. The summed E-state index contributed by atoms with van der Waals surface area (Å²) in [5.41, 5.74) is 1.41. The molecule has 1 aromatic carbocycles. The van der Waals surface area contributed by atoms with Crippen LogP contribution in [0.5, 0.6) is 0 Å². The minimum absolute atomic E-state index is 0.413. The molecule has 0 saturated heterocycles. The summed E-state index contributed by atoms with van der Waals surface area (Å²) in [7, 11) is 0. The van der Waals surface area contributed by atoms with E-state index in [4.69, 9.17) is 11.6 Å². The quantitative estimate of drug-likeness (QED) is 0.505. The van der Waals surface area contributed by atoms with Gasteiger partial charge in [0.2, 0.25) is 0 Å². The fraction of sp³-hybridized carbons (Fsp3) is 0.100. The zero-order valence-corrected chi connectivity index (χ0v) is 7.51. The fourth-order valence-corrected chi connectivity index (χ4v) is 1.23. The molecule has 0 atom stereocenters. The Hall–Kier alpha value is -1.08. The van der Waals surface area contributed by atoms with E-state index in [9.17, 15) is 4.79 Å². The third-order valence-corrected chi connectivity index (χ3v) is 1.79. The topological polar surface area (TPSA) is 17.1 Å². The standard InChI is InChI=1S/C10H9ClO/c1-2-9(10(11)12)8-6-4-3-5-7-8/h2-7H,1H3/b9-2+. The van der Waals surface area contributed by atoms with Crippen molar-refractivity contribution < 1.29 is 4.79 Å². The fourth-order valence-electron chi connectivity index (χ4n) is 1.01. The van der Waals surface area contributed by atoms with E-state index in [-0.39, 0.29) is 0 Å². The van der Waals surface area contributed by atoms with Gasteiger partial charge in [-0.3, -0.25) is 4.79 Å². The molecule has 0 aromatic heterocycles. The summed E-state index contributed by atoms with van der Waals surface area (Å²) in [6.07, 6.45) is 1.71. The summed E-state index contributed by atoms with van der Waals surface area (Å²) in [5, 5.41) is -0.413. The Morgan fingerprint density at radius 2 is 1.92 bits per heavy atom. The van der Waals surface area contributed by atoms with E-state index in [1.807, 2.05) is 30.3 Å². The van der Waals surface area contributed by atoms with Crippen LogP contribution in [-0.2, 0) is 4.79 Å². The normalized spacial score (nSPS) is 11.3. The molecule has 0 amide bonds. The van der Waals surface area contributed by atoms with Crippen LogP contribution in [0.3, 0.4) is 0 Å². The molecule has 0 aliphatic heterocycles. The Morgan fingerprint density at radius 1 is 1.33 bits per heavy atom. The summed E-state index contributed by atoms with van der Waals surface area (Å²) in [5.74, 6) is 0. The van der Waals surface area contributed by atoms with Gasteiger partial charge in [-0.25, -0.2) is 0 Å². The van der Waals surface area contributed by atoms with Gasteiger partial charge in [0.05, 0.1) is 0 Å². The molecule has 0 aliphatic carbocycles. The van der Waals surface area contributed by atoms with Crippen molar-refractivity contribution >= 4 is 22.4 Å². The van der Waals surface area contributed by atoms with Crippen molar-refractivity contribution in [1.82, 2.24) is 0 Å². The molecule has 0 radical (unpaired) electrons. The molecule has 0 heterocycles. The zero-order valence-electron chi connectivity index (χ0n) is 6.75. The van der Waals surface area contributed by atoms with Crippen molar-refractivity contribution in [3.05, 3.63) is 42.0 Å². The third-order valence-electron chi connectivity index (χ3n) is 1.59. The first-order valence-electron chi connectivity index (χ1n) is 3.67. The second-order valence-corrected chi connectivity index (χ2v) is 2.69. The van der Waals surface area contributed by atoms with Crippen molar-refractivity contribution in [2.45, 2.75) is 6.92 Å². The van der Waals surface area contributed by atoms with Gasteiger partial charge >= 0.3 is 0 Å². The van der Waals surface area contributed by atoms with Gasteiger partial charge < -0.3 is 0 Å². The predicted molar refractivity (Wildman–Crippen MR) is 51.0 cm³/mol. The molecule has 0 spiro atoms. The lowest BCUT2D eigenvalue weighted by Crippen LogP contribution is -1.91. The van der Waals surface area contributed by atoms with Crippen LogP contribution in [0.15, 0.2) is 36.4 Å². The van der Waals surface area contributed by atoms with Crippen LogP contribution in [-0.4, -0.2) is 5.24 Å².